The average Bonchev–Trinajstić information content (AvgIpc) is 2.73. The number of carbonyl (C=O) groups is 1. The molecule has 27 heavy (non-hydrogen) atoms. The van der Waals surface area contributed by atoms with Crippen molar-refractivity contribution in [2.75, 3.05) is 13.6 Å². The molecule has 5 nitrogen and oxygen atoms in total. The first kappa shape index (κ1) is 18.6. The van der Waals surface area contributed by atoms with Crippen LogP contribution in [0.2, 0.25) is 0 Å². The molecule has 2 N–H and O–H groups in total. The maximum Gasteiger partial charge on any atom is 0.252 e. The van der Waals surface area contributed by atoms with Gasteiger partial charge in [-0.3, -0.25) is 4.79 Å². The van der Waals surface area contributed by atoms with Crippen molar-refractivity contribution in [2.24, 2.45) is 0 Å². The molecule has 2 aromatic carbocycles. The van der Waals surface area contributed by atoms with Crippen molar-refractivity contribution in [3.05, 3.63) is 89.6 Å². The Balaban J connectivity index is 1.46. The largest absolute Gasteiger partial charge is 0.439 e. The summed E-state index contributed by atoms with van der Waals surface area (Å²) in [6.07, 6.45) is 2.51. The molecule has 0 spiro atoms. The van der Waals surface area contributed by atoms with E-state index in [4.69, 9.17) is 4.74 Å². The van der Waals surface area contributed by atoms with Crippen molar-refractivity contribution in [3.63, 3.8) is 0 Å². The summed E-state index contributed by atoms with van der Waals surface area (Å²) >= 11 is 0. The zero-order chi connectivity index (χ0) is 18.9. The third kappa shape index (κ3) is 5.66. The normalized spacial score (nSPS) is 10.4. The van der Waals surface area contributed by atoms with Crippen LogP contribution in [0.1, 0.15) is 21.5 Å². The lowest BCUT2D eigenvalue weighted by Crippen LogP contribution is -2.17. The number of hydrogen-bond acceptors (Lipinski definition) is 4. The molecule has 0 fully saturated rings. The van der Waals surface area contributed by atoms with Gasteiger partial charge < -0.3 is 15.4 Å². The van der Waals surface area contributed by atoms with Gasteiger partial charge in [-0.25, -0.2) is 4.98 Å². The van der Waals surface area contributed by atoms with Gasteiger partial charge in [0.2, 0.25) is 5.88 Å². The van der Waals surface area contributed by atoms with Gasteiger partial charge in [-0.1, -0.05) is 42.5 Å². The van der Waals surface area contributed by atoms with Crippen molar-refractivity contribution in [1.29, 1.82) is 0 Å². The van der Waals surface area contributed by atoms with Crippen LogP contribution in [0.4, 0.5) is 0 Å². The predicted molar refractivity (Wildman–Crippen MR) is 106 cm³/mol. The number of benzene rings is 2. The highest BCUT2D eigenvalue weighted by molar-refractivity contribution is 5.93. The van der Waals surface area contributed by atoms with E-state index in [1.807, 2.05) is 30.3 Å². The third-order valence-corrected chi connectivity index (χ3v) is 4.13. The smallest absolute Gasteiger partial charge is 0.252 e. The Labute approximate surface area is 159 Å². The van der Waals surface area contributed by atoms with Gasteiger partial charge in [-0.2, -0.15) is 0 Å². The molecule has 1 amide bonds. The lowest BCUT2D eigenvalue weighted by molar-refractivity contribution is 0.0962. The number of aromatic nitrogens is 1. The summed E-state index contributed by atoms with van der Waals surface area (Å²) in [6, 6.07) is 21.7. The third-order valence-electron chi connectivity index (χ3n) is 4.13. The maximum absolute atomic E-state index is 11.5. The standard InChI is InChI=1S/C22H23N3O2/c1-23-22(26)19-9-12-21(25-16-19)27-20-10-7-18(8-11-20)15-24-14-13-17-5-3-2-4-6-17/h2-12,16,24H,13-15H2,1H3,(H,23,26). The number of nitrogens with zero attached hydrogens (tertiary/aromatic N) is 1. The Morgan fingerprint density at radius 1 is 0.963 bits per heavy atom. The van der Waals surface area contributed by atoms with E-state index in [9.17, 15) is 4.79 Å². The van der Waals surface area contributed by atoms with Gasteiger partial charge in [0, 0.05) is 25.9 Å². The topological polar surface area (TPSA) is 63.2 Å². The van der Waals surface area contributed by atoms with Crippen LogP contribution < -0.4 is 15.4 Å². The molecule has 0 atom stereocenters. The van der Waals surface area contributed by atoms with E-state index in [1.165, 1.54) is 17.3 Å². The van der Waals surface area contributed by atoms with Gasteiger partial charge >= 0.3 is 0 Å². The Kier molecular flexibility index (Phi) is 6.55. The highest BCUT2D eigenvalue weighted by Gasteiger charge is 2.05. The first-order valence-corrected chi connectivity index (χ1v) is 8.94. The van der Waals surface area contributed by atoms with E-state index in [-0.39, 0.29) is 5.91 Å². The number of amides is 1. The Bertz CT molecular complexity index is 847. The Morgan fingerprint density at radius 2 is 1.74 bits per heavy atom. The summed E-state index contributed by atoms with van der Waals surface area (Å²) in [7, 11) is 1.59. The molecule has 0 saturated heterocycles. The molecule has 1 heterocycles. The Hall–Kier alpha value is -3.18. The fourth-order valence-corrected chi connectivity index (χ4v) is 2.63. The first-order valence-electron chi connectivity index (χ1n) is 8.94. The van der Waals surface area contributed by atoms with E-state index in [0.29, 0.717) is 17.2 Å². The van der Waals surface area contributed by atoms with Crippen molar-refractivity contribution in [3.8, 4) is 11.6 Å². The highest BCUT2D eigenvalue weighted by Crippen LogP contribution is 2.20. The minimum atomic E-state index is -0.168. The number of pyridine rings is 1. The molecule has 0 saturated carbocycles. The SMILES string of the molecule is CNC(=O)c1ccc(Oc2ccc(CNCCc3ccccc3)cc2)nc1. The number of nitrogens with one attached hydrogen (secondary N) is 2. The minimum absolute atomic E-state index is 0.168. The Morgan fingerprint density at radius 3 is 2.41 bits per heavy atom. The van der Waals surface area contributed by atoms with E-state index in [2.05, 4.69) is 39.9 Å². The van der Waals surface area contributed by atoms with Gasteiger partial charge in [0.15, 0.2) is 0 Å². The molecular formula is C22H23N3O2. The van der Waals surface area contributed by atoms with Crippen molar-refractivity contribution in [2.45, 2.75) is 13.0 Å². The fraction of sp³-hybridized carbons (Fsp3) is 0.182. The summed E-state index contributed by atoms with van der Waals surface area (Å²) < 4.78 is 5.72. The van der Waals surface area contributed by atoms with E-state index in [1.54, 1.807) is 19.2 Å². The molecule has 138 valence electrons. The van der Waals surface area contributed by atoms with E-state index in [0.717, 1.165) is 19.5 Å². The molecule has 0 aliphatic carbocycles. The lowest BCUT2D eigenvalue weighted by Gasteiger charge is -2.08. The van der Waals surface area contributed by atoms with Crippen molar-refractivity contribution >= 4 is 5.91 Å². The van der Waals surface area contributed by atoms with Crippen LogP contribution in [-0.4, -0.2) is 24.5 Å². The molecule has 5 heteroatoms. The van der Waals surface area contributed by atoms with Crippen molar-refractivity contribution < 1.29 is 9.53 Å². The molecule has 3 aromatic rings. The molecule has 3 rings (SSSR count). The summed E-state index contributed by atoms with van der Waals surface area (Å²) in [4.78, 5) is 15.7. The summed E-state index contributed by atoms with van der Waals surface area (Å²) in [5, 5.41) is 6.01. The molecule has 0 aliphatic rings. The van der Waals surface area contributed by atoms with Gasteiger partial charge in [0.05, 0.1) is 5.56 Å². The van der Waals surface area contributed by atoms with Gasteiger partial charge in [0.1, 0.15) is 5.75 Å². The summed E-state index contributed by atoms with van der Waals surface area (Å²) in [5.74, 6) is 0.998. The number of ether oxygens (including phenoxy) is 1. The fourth-order valence-electron chi connectivity index (χ4n) is 2.63. The van der Waals surface area contributed by atoms with Crippen LogP contribution in [0.3, 0.4) is 0 Å². The maximum atomic E-state index is 11.5. The monoisotopic (exact) mass is 361 g/mol. The highest BCUT2D eigenvalue weighted by atomic mass is 16.5. The quantitative estimate of drug-likeness (QED) is 0.602. The van der Waals surface area contributed by atoms with Crippen LogP contribution >= 0.6 is 0 Å². The molecule has 0 unspecified atom stereocenters. The zero-order valence-electron chi connectivity index (χ0n) is 15.3. The van der Waals surface area contributed by atoms with E-state index >= 15 is 0 Å². The average molecular weight is 361 g/mol. The molecule has 0 aliphatic heterocycles. The van der Waals surface area contributed by atoms with E-state index < -0.39 is 0 Å². The van der Waals surface area contributed by atoms with Crippen LogP contribution in [-0.2, 0) is 13.0 Å². The number of rotatable bonds is 8. The van der Waals surface area contributed by atoms with Crippen LogP contribution in [0.25, 0.3) is 0 Å². The second-order valence-corrected chi connectivity index (χ2v) is 6.12. The van der Waals surface area contributed by atoms with Crippen LogP contribution in [0, 0.1) is 0 Å². The predicted octanol–water partition coefficient (Wildman–Crippen LogP) is 3.57. The van der Waals surface area contributed by atoms with Crippen LogP contribution in [0.15, 0.2) is 72.9 Å². The number of carbonyl (C=O) groups excluding carboxylic acids is 1. The van der Waals surface area contributed by atoms with Gasteiger partial charge in [0.25, 0.3) is 5.91 Å². The summed E-state index contributed by atoms with van der Waals surface area (Å²) in [5.41, 5.74) is 3.03. The minimum Gasteiger partial charge on any atom is -0.439 e. The molecule has 1 aromatic heterocycles. The lowest BCUT2D eigenvalue weighted by atomic mass is 10.1. The zero-order valence-corrected chi connectivity index (χ0v) is 15.3. The van der Waals surface area contributed by atoms with Gasteiger partial charge in [-0.05, 0) is 42.3 Å². The second-order valence-electron chi connectivity index (χ2n) is 6.12. The molecular weight excluding hydrogens is 338 g/mol. The number of hydrogen-bond donors (Lipinski definition) is 2. The van der Waals surface area contributed by atoms with Gasteiger partial charge in [-0.15, -0.1) is 0 Å². The van der Waals surface area contributed by atoms with Crippen LogP contribution in [0.5, 0.6) is 11.6 Å². The summed E-state index contributed by atoms with van der Waals surface area (Å²) in [6.45, 7) is 1.75. The first-order chi connectivity index (χ1) is 13.2. The molecule has 0 radical (unpaired) electrons. The van der Waals surface area contributed by atoms with Crippen molar-refractivity contribution in [1.82, 2.24) is 15.6 Å². The second kappa shape index (κ2) is 9.50. The molecule has 0 bridgehead atoms.